The molecule has 0 aromatic heterocycles. The minimum absolute atomic E-state index is 0.00845. The van der Waals surface area contributed by atoms with Crippen LogP contribution >= 0.6 is 0 Å². The largest absolute Gasteiger partial charge is 0.392 e. The van der Waals surface area contributed by atoms with Gasteiger partial charge in [0.25, 0.3) is 0 Å². The van der Waals surface area contributed by atoms with Gasteiger partial charge in [0, 0.05) is 37.4 Å². The molecule has 96 valence electrons. The average Bonchev–Trinajstić information content (AvgIpc) is 2.46. The smallest absolute Gasteiger partial charge is 0.0694 e. The summed E-state index contributed by atoms with van der Waals surface area (Å²) in [5.41, 5.74) is 8.25. The normalized spacial score (nSPS) is 15.1. The minimum atomic E-state index is 0.00845. The second-order valence-corrected chi connectivity index (χ2v) is 4.24. The summed E-state index contributed by atoms with van der Waals surface area (Å²) in [4.78, 5) is 2.32. The predicted molar refractivity (Wildman–Crippen MR) is 73.4 cm³/mol. The van der Waals surface area contributed by atoms with Gasteiger partial charge in [-0.05, 0) is 23.8 Å². The number of nitrogens with two attached hydrogens (primary N) is 1. The first kappa shape index (κ1) is 12.9. The van der Waals surface area contributed by atoms with Crippen molar-refractivity contribution in [1.82, 2.24) is 5.32 Å². The van der Waals surface area contributed by atoms with E-state index in [1.165, 1.54) is 0 Å². The SMILES string of the molecule is NCC#Cc1ccc(N2CCNCC2)cc1CO. The van der Waals surface area contributed by atoms with Gasteiger partial charge < -0.3 is 21.1 Å². The van der Waals surface area contributed by atoms with Crippen LogP contribution < -0.4 is 16.0 Å². The molecule has 1 aromatic rings. The molecule has 0 aliphatic carbocycles. The van der Waals surface area contributed by atoms with Gasteiger partial charge in [-0.15, -0.1) is 0 Å². The van der Waals surface area contributed by atoms with Crippen LogP contribution in [0.15, 0.2) is 18.2 Å². The summed E-state index contributed by atoms with van der Waals surface area (Å²) < 4.78 is 0. The van der Waals surface area contributed by atoms with Gasteiger partial charge in [-0.3, -0.25) is 0 Å². The van der Waals surface area contributed by atoms with Crippen LogP contribution in [0.1, 0.15) is 11.1 Å². The van der Waals surface area contributed by atoms with Gasteiger partial charge in [0.2, 0.25) is 0 Å². The number of nitrogens with one attached hydrogen (secondary N) is 1. The van der Waals surface area contributed by atoms with Gasteiger partial charge in [-0.2, -0.15) is 0 Å². The van der Waals surface area contributed by atoms with Gasteiger partial charge in [0.15, 0.2) is 0 Å². The molecule has 1 saturated heterocycles. The Hall–Kier alpha value is -1.54. The predicted octanol–water partition coefficient (Wildman–Crippen LogP) is -0.101. The maximum Gasteiger partial charge on any atom is 0.0694 e. The number of piperazine rings is 1. The number of hydrogen-bond acceptors (Lipinski definition) is 4. The molecule has 1 heterocycles. The van der Waals surface area contributed by atoms with Crippen LogP contribution in [0.2, 0.25) is 0 Å². The van der Waals surface area contributed by atoms with E-state index in [2.05, 4.69) is 28.1 Å². The van der Waals surface area contributed by atoms with Gasteiger partial charge in [-0.25, -0.2) is 0 Å². The Morgan fingerprint density at radius 3 is 2.78 bits per heavy atom. The lowest BCUT2D eigenvalue weighted by Crippen LogP contribution is -2.43. The highest BCUT2D eigenvalue weighted by atomic mass is 16.3. The Morgan fingerprint density at radius 2 is 2.11 bits per heavy atom. The molecule has 0 amide bonds. The molecule has 1 aromatic carbocycles. The molecule has 4 N–H and O–H groups in total. The Kier molecular flexibility index (Phi) is 4.59. The molecule has 0 radical (unpaired) electrons. The summed E-state index contributed by atoms with van der Waals surface area (Å²) in [5, 5.41) is 12.7. The molecular weight excluding hydrogens is 226 g/mol. The van der Waals surface area contributed by atoms with Crippen molar-refractivity contribution in [2.75, 3.05) is 37.6 Å². The third-order valence-electron chi connectivity index (χ3n) is 3.07. The molecule has 0 saturated carbocycles. The molecule has 4 heteroatoms. The Labute approximate surface area is 108 Å². The topological polar surface area (TPSA) is 61.5 Å². The fraction of sp³-hybridized carbons (Fsp3) is 0.429. The highest BCUT2D eigenvalue weighted by Crippen LogP contribution is 2.20. The molecular formula is C14H19N3O. The zero-order valence-corrected chi connectivity index (χ0v) is 10.4. The average molecular weight is 245 g/mol. The van der Waals surface area contributed by atoms with Crippen LogP contribution in [-0.2, 0) is 6.61 Å². The molecule has 1 aliphatic heterocycles. The maximum absolute atomic E-state index is 9.41. The van der Waals surface area contributed by atoms with Gasteiger partial charge in [-0.1, -0.05) is 11.8 Å². The number of aliphatic hydroxyl groups is 1. The van der Waals surface area contributed by atoms with E-state index in [0.29, 0.717) is 6.54 Å². The quantitative estimate of drug-likeness (QED) is 0.637. The summed E-state index contributed by atoms with van der Waals surface area (Å²) in [6.07, 6.45) is 0. The highest BCUT2D eigenvalue weighted by Gasteiger charge is 2.11. The van der Waals surface area contributed by atoms with Crippen LogP contribution in [0.3, 0.4) is 0 Å². The fourth-order valence-electron chi connectivity index (χ4n) is 2.10. The van der Waals surface area contributed by atoms with E-state index < -0.39 is 0 Å². The van der Waals surface area contributed by atoms with E-state index in [1.807, 2.05) is 12.1 Å². The Balaban J connectivity index is 2.23. The second-order valence-electron chi connectivity index (χ2n) is 4.24. The Bertz CT molecular complexity index is 456. The van der Waals surface area contributed by atoms with Gasteiger partial charge in [0.05, 0.1) is 13.2 Å². The van der Waals surface area contributed by atoms with Crippen molar-refractivity contribution >= 4 is 5.69 Å². The zero-order valence-electron chi connectivity index (χ0n) is 10.4. The molecule has 1 aliphatic rings. The highest BCUT2D eigenvalue weighted by molar-refractivity contribution is 5.55. The van der Waals surface area contributed by atoms with E-state index in [0.717, 1.165) is 43.0 Å². The molecule has 4 nitrogen and oxygen atoms in total. The molecule has 18 heavy (non-hydrogen) atoms. The molecule has 0 atom stereocenters. The summed E-state index contributed by atoms with van der Waals surface area (Å²) in [5.74, 6) is 5.81. The van der Waals surface area contributed by atoms with E-state index in [1.54, 1.807) is 0 Å². The number of anilines is 1. The summed E-state index contributed by atoms with van der Waals surface area (Å²) in [6, 6.07) is 6.04. The molecule has 2 rings (SSSR count). The first-order chi connectivity index (χ1) is 8.85. The van der Waals surface area contributed by atoms with Gasteiger partial charge >= 0.3 is 0 Å². The summed E-state index contributed by atoms with van der Waals surface area (Å²) in [6.45, 7) is 4.35. The number of aliphatic hydroxyl groups excluding tert-OH is 1. The monoisotopic (exact) mass is 245 g/mol. The van der Waals surface area contributed by atoms with Crippen molar-refractivity contribution in [2.24, 2.45) is 5.73 Å². The van der Waals surface area contributed by atoms with E-state index in [4.69, 9.17) is 5.73 Å². The van der Waals surface area contributed by atoms with Crippen molar-refractivity contribution in [3.63, 3.8) is 0 Å². The van der Waals surface area contributed by atoms with Crippen LogP contribution in [0.4, 0.5) is 5.69 Å². The number of nitrogens with zero attached hydrogens (tertiary/aromatic N) is 1. The zero-order chi connectivity index (χ0) is 12.8. The van der Waals surface area contributed by atoms with Crippen molar-refractivity contribution in [2.45, 2.75) is 6.61 Å². The standard InChI is InChI=1S/C14H19N3O/c15-5-1-2-12-3-4-14(10-13(12)11-18)17-8-6-16-7-9-17/h3-4,10,16,18H,5-9,11,15H2. The fourth-order valence-corrected chi connectivity index (χ4v) is 2.10. The lowest BCUT2D eigenvalue weighted by atomic mass is 10.1. The second kappa shape index (κ2) is 6.41. The molecule has 1 fully saturated rings. The number of hydrogen-bond donors (Lipinski definition) is 3. The van der Waals surface area contributed by atoms with Crippen LogP contribution in [0.5, 0.6) is 0 Å². The van der Waals surface area contributed by atoms with Crippen LogP contribution in [-0.4, -0.2) is 37.8 Å². The first-order valence-corrected chi connectivity index (χ1v) is 6.23. The lowest BCUT2D eigenvalue weighted by Gasteiger charge is -2.29. The van der Waals surface area contributed by atoms with E-state index >= 15 is 0 Å². The van der Waals surface area contributed by atoms with Crippen LogP contribution in [0.25, 0.3) is 0 Å². The third kappa shape index (κ3) is 3.02. The molecule has 0 bridgehead atoms. The minimum Gasteiger partial charge on any atom is -0.392 e. The Morgan fingerprint density at radius 1 is 1.33 bits per heavy atom. The third-order valence-corrected chi connectivity index (χ3v) is 3.07. The number of rotatable bonds is 2. The van der Waals surface area contributed by atoms with Crippen molar-refractivity contribution < 1.29 is 5.11 Å². The van der Waals surface area contributed by atoms with Crippen LogP contribution in [0, 0.1) is 11.8 Å². The van der Waals surface area contributed by atoms with Crippen molar-refractivity contribution in [1.29, 1.82) is 0 Å². The maximum atomic E-state index is 9.41. The van der Waals surface area contributed by atoms with Gasteiger partial charge in [0.1, 0.15) is 0 Å². The summed E-state index contributed by atoms with van der Waals surface area (Å²) in [7, 11) is 0. The summed E-state index contributed by atoms with van der Waals surface area (Å²) >= 11 is 0. The molecule has 0 unspecified atom stereocenters. The first-order valence-electron chi connectivity index (χ1n) is 6.23. The van der Waals surface area contributed by atoms with Crippen molar-refractivity contribution in [3.05, 3.63) is 29.3 Å². The van der Waals surface area contributed by atoms with Crippen molar-refractivity contribution in [3.8, 4) is 11.8 Å². The lowest BCUT2D eigenvalue weighted by molar-refractivity contribution is 0.281. The number of benzene rings is 1. The van der Waals surface area contributed by atoms with E-state index in [-0.39, 0.29) is 6.61 Å². The van der Waals surface area contributed by atoms with E-state index in [9.17, 15) is 5.11 Å². The molecule has 0 spiro atoms.